The first kappa shape index (κ1) is 26.2. The van der Waals surface area contributed by atoms with Gasteiger partial charge in [0.15, 0.2) is 5.78 Å². The van der Waals surface area contributed by atoms with Crippen LogP contribution in [0.25, 0.3) is 0 Å². The number of benzene rings is 1. The molecule has 6 nitrogen and oxygen atoms in total. The van der Waals surface area contributed by atoms with Gasteiger partial charge in [-0.2, -0.15) is 5.26 Å². The van der Waals surface area contributed by atoms with E-state index < -0.39 is 54.1 Å². The number of halogens is 5. The van der Waals surface area contributed by atoms with Crippen molar-refractivity contribution in [2.24, 2.45) is 10.8 Å². The summed E-state index contributed by atoms with van der Waals surface area (Å²) in [5.74, 6) is -5.07. The maximum absolute atomic E-state index is 15.1. The highest BCUT2D eigenvalue weighted by Crippen LogP contribution is 2.53. The molecule has 2 aliphatic carbocycles. The van der Waals surface area contributed by atoms with Gasteiger partial charge in [-0.05, 0) is 50.0 Å². The van der Waals surface area contributed by atoms with Crippen LogP contribution in [0, 0.1) is 22.2 Å². The number of hydrogen-bond acceptors (Lipinski definition) is 4. The Morgan fingerprint density at radius 1 is 1.06 bits per heavy atom. The standard InChI is InChI=1S/C25H28F5N3O3/c26-24(27,13-17-3-1-2-4-20(17)36-25(28,29)30)14-18(19(34)15-23(16-31)7-8-23)32-21(35)33-11-9-22(5-6-22)10-12-33/h1-4,18H,5-15H2,(H,32,35)/t18-/m0/s1. The molecule has 0 bridgehead atoms. The summed E-state index contributed by atoms with van der Waals surface area (Å²) in [4.78, 5) is 27.3. The van der Waals surface area contributed by atoms with Crippen molar-refractivity contribution in [3.05, 3.63) is 29.8 Å². The average molecular weight is 514 g/mol. The number of Topliss-reactive ketones (excluding diaryl/α,β-unsaturated/α-hetero) is 1. The highest BCUT2D eigenvalue weighted by molar-refractivity contribution is 5.89. The lowest BCUT2D eigenvalue weighted by atomic mass is 9.92. The molecule has 1 spiro atoms. The van der Waals surface area contributed by atoms with E-state index >= 15 is 8.78 Å². The van der Waals surface area contributed by atoms with E-state index in [-0.39, 0.29) is 17.4 Å². The minimum absolute atomic E-state index is 0.262. The van der Waals surface area contributed by atoms with Crippen LogP contribution < -0.4 is 10.1 Å². The van der Waals surface area contributed by atoms with Gasteiger partial charge >= 0.3 is 12.4 Å². The molecule has 0 aromatic heterocycles. The number of likely N-dealkylation sites (tertiary alicyclic amines) is 1. The van der Waals surface area contributed by atoms with Crippen molar-refractivity contribution < 1.29 is 36.3 Å². The Labute approximate surface area is 205 Å². The number of para-hydroxylation sites is 1. The molecule has 2 amide bonds. The summed E-state index contributed by atoms with van der Waals surface area (Å²) in [5.41, 5.74) is -0.985. The van der Waals surface area contributed by atoms with Gasteiger partial charge in [0.05, 0.1) is 17.5 Å². The van der Waals surface area contributed by atoms with Crippen LogP contribution in [0.2, 0.25) is 0 Å². The smallest absolute Gasteiger partial charge is 0.405 e. The van der Waals surface area contributed by atoms with E-state index in [1.807, 2.05) is 6.07 Å². The molecule has 11 heteroatoms. The van der Waals surface area contributed by atoms with Crippen molar-refractivity contribution in [2.75, 3.05) is 13.1 Å². The average Bonchev–Trinajstić information content (AvgIpc) is 3.72. The Morgan fingerprint density at radius 3 is 2.25 bits per heavy atom. The molecule has 3 aliphatic rings. The van der Waals surface area contributed by atoms with Crippen LogP contribution in [0.1, 0.15) is 56.9 Å². The third-order valence-corrected chi connectivity index (χ3v) is 7.51. The summed E-state index contributed by atoms with van der Waals surface area (Å²) in [7, 11) is 0. The summed E-state index contributed by atoms with van der Waals surface area (Å²) in [5, 5.41) is 11.8. The number of rotatable bonds is 9. The van der Waals surface area contributed by atoms with Gasteiger partial charge in [0.1, 0.15) is 5.75 Å². The minimum Gasteiger partial charge on any atom is -0.405 e. The highest BCUT2D eigenvalue weighted by atomic mass is 19.4. The van der Waals surface area contributed by atoms with Gasteiger partial charge in [-0.1, -0.05) is 18.2 Å². The van der Waals surface area contributed by atoms with E-state index in [0.29, 0.717) is 25.9 Å². The second-order valence-electron chi connectivity index (χ2n) is 10.4. The Hall–Kier alpha value is -2.90. The van der Waals surface area contributed by atoms with Gasteiger partial charge in [-0.25, -0.2) is 13.6 Å². The second-order valence-corrected chi connectivity index (χ2v) is 10.4. The molecule has 1 heterocycles. The molecule has 1 saturated heterocycles. The van der Waals surface area contributed by atoms with E-state index in [4.69, 9.17) is 0 Å². The molecule has 196 valence electrons. The predicted octanol–water partition coefficient (Wildman–Crippen LogP) is 5.37. The van der Waals surface area contributed by atoms with Crippen molar-refractivity contribution in [1.82, 2.24) is 10.2 Å². The number of nitrogens with zero attached hydrogens (tertiary/aromatic N) is 2. The number of carbonyl (C=O) groups excluding carboxylic acids is 2. The molecule has 3 fully saturated rings. The number of carbonyl (C=O) groups is 2. The fourth-order valence-electron chi connectivity index (χ4n) is 4.81. The van der Waals surface area contributed by atoms with Crippen LogP contribution in [0.3, 0.4) is 0 Å². The molecular weight excluding hydrogens is 485 g/mol. The maximum Gasteiger partial charge on any atom is 0.573 e. The quantitative estimate of drug-likeness (QED) is 0.450. The third kappa shape index (κ3) is 6.65. The molecule has 1 aromatic rings. The summed E-state index contributed by atoms with van der Waals surface area (Å²) in [6.07, 6.45) is -2.71. The molecule has 4 rings (SSSR count). The largest absolute Gasteiger partial charge is 0.573 e. The zero-order valence-electron chi connectivity index (χ0n) is 19.7. The molecular formula is C25H28F5N3O3. The van der Waals surface area contributed by atoms with Gasteiger partial charge in [-0.3, -0.25) is 4.79 Å². The second kappa shape index (κ2) is 9.52. The number of piperidine rings is 1. The molecule has 36 heavy (non-hydrogen) atoms. The van der Waals surface area contributed by atoms with Crippen molar-refractivity contribution in [1.29, 1.82) is 5.26 Å². The summed E-state index contributed by atoms with van der Waals surface area (Å²) in [6.45, 7) is 0.931. The molecule has 0 unspecified atom stereocenters. The molecule has 0 radical (unpaired) electrons. The van der Waals surface area contributed by atoms with Gasteiger partial charge in [0, 0.05) is 37.9 Å². The normalized spacial score (nSPS) is 20.8. The van der Waals surface area contributed by atoms with Crippen LogP contribution in [0.15, 0.2) is 24.3 Å². The first-order valence-corrected chi connectivity index (χ1v) is 12.0. The fourth-order valence-corrected chi connectivity index (χ4v) is 4.81. The number of hydrogen-bond donors (Lipinski definition) is 1. The van der Waals surface area contributed by atoms with Crippen molar-refractivity contribution in [2.45, 2.75) is 76.1 Å². The van der Waals surface area contributed by atoms with Crippen LogP contribution in [0.5, 0.6) is 5.75 Å². The van der Waals surface area contributed by atoms with Gasteiger partial charge in [-0.15, -0.1) is 13.2 Å². The first-order valence-electron chi connectivity index (χ1n) is 12.0. The summed E-state index contributed by atoms with van der Waals surface area (Å²) >= 11 is 0. The Bertz CT molecular complexity index is 1030. The number of ether oxygens (including phenoxy) is 1. The van der Waals surface area contributed by atoms with Crippen molar-refractivity contribution in [3.8, 4) is 11.8 Å². The number of nitriles is 1. The topological polar surface area (TPSA) is 82.4 Å². The lowest BCUT2D eigenvalue weighted by Crippen LogP contribution is -2.52. The fraction of sp³-hybridized carbons (Fsp3) is 0.640. The number of alkyl halides is 5. The first-order chi connectivity index (χ1) is 16.8. The molecule has 1 aromatic carbocycles. The van der Waals surface area contributed by atoms with Gasteiger partial charge < -0.3 is 15.0 Å². The summed E-state index contributed by atoms with van der Waals surface area (Å²) < 4.78 is 72.3. The van der Waals surface area contributed by atoms with E-state index in [1.54, 1.807) is 0 Å². The number of nitrogens with one attached hydrogen (secondary N) is 1. The van der Waals surface area contributed by atoms with E-state index in [0.717, 1.165) is 37.8 Å². The van der Waals surface area contributed by atoms with Crippen molar-refractivity contribution >= 4 is 11.8 Å². The number of ketones is 1. The Kier molecular flexibility index (Phi) is 6.92. The highest BCUT2D eigenvalue weighted by Gasteiger charge is 2.48. The Morgan fingerprint density at radius 2 is 1.69 bits per heavy atom. The number of urea groups is 1. The predicted molar refractivity (Wildman–Crippen MR) is 118 cm³/mol. The van der Waals surface area contributed by atoms with E-state index in [2.05, 4.69) is 10.1 Å². The zero-order valence-corrected chi connectivity index (χ0v) is 19.7. The van der Waals surface area contributed by atoms with Gasteiger partial charge in [0.2, 0.25) is 0 Å². The van der Waals surface area contributed by atoms with E-state index in [9.17, 15) is 28.0 Å². The van der Waals surface area contributed by atoms with Gasteiger partial charge in [0.25, 0.3) is 5.92 Å². The maximum atomic E-state index is 15.1. The van der Waals surface area contributed by atoms with Crippen molar-refractivity contribution in [3.63, 3.8) is 0 Å². The van der Waals surface area contributed by atoms with Crippen LogP contribution in [0.4, 0.5) is 26.7 Å². The zero-order chi connectivity index (χ0) is 26.2. The third-order valence-electron chi connectivity index (χ3n) is 7.51. The van der Waals surface area contributed by atoms with Crippen LogP contribution in [-0.4, -0.2) is 48.1 Å². The molecule has 1 atom stereocenters. The van der Waals surface area contributed by atoms with Crippen LogP contribution >= 0.6 is 0 Å². The molecule has 2 saturated carbocycles. The Balaban J connectivity index is 1.46. The number of amides is 2. The lowest BCUT2D eigenvalue weighted by molar-refractivity contribution is -0.275. The molecule has 1 aliphatic heterocycles. The molecule has 1 N–H and O–H groups in total. The monoisotopic (exact) mass is 513 g/mol. The SMILES string of the molecule is N#CC1(CC(=O)[C@H](CC(F)(F)Cc2ccccc2OC(F)(F)F)NC(=O)N2CCC3(CC2)CC3)CC1. The lowest BCUT2D eigenvalue weighted by Gasteiger charge is -2.34. The van der Waals surface area contributed by atoms with E-state index in [1.165, 1.54) is 17.0 Å². The van der Waals surface area contributed by atoms with Crippen LogP contribution in [-0.2, 0) is 11.2 Å². The summed E-state index contributed by atoms with van der Waals surface area (Å²) in [6, 6.07) is 4.43. The minimum atomic E-state index is -5.05.